The highest BCUT2D eigenvalue weighted by Crippen LogP contribution is 2.24. The Hall–Kier alpha value is -1.16. The van der Waals surface area contributed by atoms with Gasteiger partial charge in [-0.2, -0.15) is 5.10 Å². The molecule has 4 nitrogen and oxygen atoms in total. The third kappa shape index (κ3) is 2.80. The van der Waals surface area contributed by atoms with Crippen LogP contribution < -0.4 is 4.90 Å². The van der Waals surface area contributed by atoms with Gasteiger partial charge in [-0.3, -0.25) is 0 Å². The first-order chi connectivity index (χ1) is 8.38. The summed E-state index contributed by atoms with van der Waals surface area (Å²) in [5.74, 6) is 1.21. The number of rotatable bonds is 1. The number of hydrogen-bond donors (Lipinski definition) is 1. The van der Waals surface area contributed by atoms with Gasteiger partial charge in [0.1, 0.15) is 0 Å². The molecule has 1 aliphatic rings. The van der Waals surface area contributed by atoms with Crippen LogP contribution in [0.2, 0.25) is 0 Å². The van der Waals surface area contributed by atoms with Crippen LogP contribution in [0.25, 0.3) is 0 Å². The van der Waals surface area contributed by atoms with E-state index < -0.39 is 0 Å². The molecule has 2 rings (SSSR count). The minimum absolute atomic E-state index is 0.0386. The van der Waals surface area contributed by atoms with E-state index in [9.17, 15) is 5.11 Å². The molecule has 0 aliphatic carbocycles. The first-order valence-electron chi connectivity index (χ1n) is 6.65. The maximum absolute atomic E-state index is 9.73. The SMILES string of the molecule is C[C@@H]1CN(c2ccc(C(C)(C)C)nn2)CC[C@@H]1O. The Morgan fingerprint density at radius 3 is 2.50 bits per heavy atom. The number of hydrogen-bond acceptors (Lipinski definition) is 4. The zero-order valence-corrected chi connectivity index (χ0v) is 11.7. The van der Waals surface area contributed by atoms with Gasteiger partial charge >= 0.3 is 0 Å². The highest BCUT2D eigenvalue weighted by Gasteiger charge is 2.25. The van der Waals surface area contributed by atoms with Gasteiger partial charge in [0.15, 0.2) is 5.82 Å². The third-order valence-electron chi connectivity index (χ3n) is 3.60. The topological polar surface area (TPSA) is 49.2 Å². The molecule has 1 aliphatic heterocycles. The molecule has 100 valence electrons. The average Bonchev–Trinajstić information content (AvgIpc) is 2.32. The van der Waals surface area contributed by atoms with Crippen LogP contribution in [0.1, 0.15) is 39.8 Å². The molecule has 1 aromatic rings. The lowest BCUT2D eigenvalue weighted by molar-refractivity contribution is 0.0968. The summed E-state index contributed by atoms with van der Waals surface area (Å²) >= 11 is 0. The van der Waals surface area contributed by atoms with Crippen LogP contribution in [-0.4, -0.2) is 34.5 Å². The van der Waals surface area contributed by atoms with Gasteiger partial charge in [-0.25, -0.2) is 0 Å². The van der Waals surface area contributed by atoms with Crippen LogP contribution in [0.4, 0.5) is 5.82 Å². The van der Waals surface area contributed by atoms with Crippen molar-refractivity contribution in [3.63, 3.8) is 0 Å². The van der Waals surface area contributed by atoms with Crippen molar-refractivity contribution in [2.45, 2.75) is 45.6 Å². The van der Waals surface area contributed by atoms with Crippen LogP contribution in [0, 0.1) is 5.92 Å². The molecule has 1 aromatic heterocycles. The molecule has 0 aromatic carbocycles. The Balaban J connectivity index is 2.11. The normalized spacial score (nSPS) is 25.3. The molecule has 0 amide bonds. The van der Waals surface area contributed by atoms with Crippen molar-refractivity contribution >= 4 is 5.82 Å². The summed E-state index contributed by atoms with van der Waals surface area (Å²) in [6.07, 6.45) is 0.632. The second-order valence-electron chi connectivity index (χ2n) is 6.31. The summed E-state index contributed by atoms with van der Waals surface area (Å²) in [6, 6.07) is 4.09. The highest BCUT2D eigenvalue weighted by atomic mass is 16.3. The van der Waals surface area contributed by atoms with E-state index in [4.69, 9.17) is 0 Å². The van der Waals surface area contributed by atoms with E-state index >= 15 is 0 Å². The second kappa shape index (κ2) is 4.84. The van der Waals surface area contributed by atoms with Crippen LogP contribution >= 0.6 is 0 Å². The summed E-state index contributed by atoms with van der Waals surface area (Å²) in [5, 5.41) is 18.4. The van der Waals surface area contributed by atoms with Gasteiger partial charge in [0, 0.05) is 18.5 Å². The Morgan fingerprint density at radius 1 is 1.28 bits per heavy atom. The van der Waals surface area contributed by atoms with Crippen molar-refractivity contribution < 1.29 is 5.11 Å². The highest BCUT2D eigenvalue weighted by molar-refractivity contribution is 5.38. The lowest BCUT2D eigenvalue weighted by Gasteiger charge is -2.35. The van der Waals surface area contributed by atoms with Gasteiger partial charge in [0.2, 0.25) is 0 Å². The fraction of sp³-hybridized carbons (Fsp3) is 0.714. The zero-order chi connectivity index (χ0) is 13.3. The summed E-state index contributed by atoms with van der Waals surface area (Å²) in [6.45, 7) is 10.2. The molecule has 0 bridgehead atoms. The molecule has 2 heterocycles. The van der Waals surface area contributed by atoms with Crippen molar-refractivity contribution in [3.8, 4) is 0 Å². The Labute approximate surface area is 109 Å². The minimum atomic E-state index is -0.178. The monoisotopic (exact) mass is 249 g/mol. The third-order valence-corrected chi connectivity index (χ3v) is 3.60. The van der Waals surface area contributed by atoms with Crippen molar-refractivity contribution in [1.82, 2.24) is 10.2 Å². The van der Waals surface area contributed by atoms with Gasteiger partial charge < -0.3 is 10.0 Å². The summed E-state index contributed by atoms with van der Waals surface area (Å²) in [7, 11) is 0. The molecule has 1 fully saturated rings. The van der Waals surface area contributed by atoms with Crippen LogP contribution in [0.3, 0.4) is 0 Å². The maximum Gasteiger partial charge on any atom is 0.151 e. The predicted octanol–water partition coefficient (Wildman–Crippen LogP) is 1.98. The summed E-state index contributed by atoms with van der Waals surface area (Å²) < 4.78 is 0. The van der Waals surface area contributed by atoms with Crippen molar-refractivity contribution in [1.29, 1.82) is 0 Å². The number of nitrogens with zero attached hydrogens (tertiary/aromatic N) is 3. The molecule has 0 spiro atoms. The zero-order valence-electron chi connectivity index (χ0n) is 11.7. The van der Waals surface area contributed by atoms with E-state index in [1.807, 2.05) is 6.07 Å². The molecule has 0 unspecified atom stereocenters. The maximum atomic E-state index is 9.73. The fourth-order valence-electron chi connectivity index (χ4n) is 2.24. The van der Waals surface area contributed by atoms with E-state index in [-0.39, 0.29) is 11.5 Å². The molecule has 0 radical (unpaired) electrons. The largest absolute Gasteiger partial charge is 0.393 e. The van der Waals surface area contributed by atoms with Crippen molar-refractivity contribution in [2.75, 3.05) is 18.0 Å². The van der Waals surface area contributed by atoms with Gasteiger partial charge in [-0.1, -0.05) is 27.7 Å². The molecule has 2 atom stereocenters. The first-order valence-corrected chi connectivity index (χ1v) is 6.65. The fourth-order valence-corrected chi connectivity index (χ4v) is 2.24. The first kappa shape index (κ1) is 13.3. The minimum Gasteiger partial charge on any atom is -0.393 e. The predicted molar refractivity (Wildman–Crippen MR) is 72.7 cm³/mol. The van der Waals surface area contributed by atoms with Crippen LogP contribution in [-0.2, 0) is 5.41 Å². The number of aromatic nitrogens is 2. The van der Waals surface area contributed by atoms with E-state index in [1.54, 1.807) is 0 Å². The quantitative estimate of drug-likeness (QED) is 0.827. The Morgan fingerprint density at radius 2 is 2.00 bits per heavy atom. The van der Waals surface area contributed by atoms with Gasteiger partial charge in [0.25, 0.3) is 0 Å². The molecular weight excluding hydrogens is 226 g/mol. The van der Waals surface area contributed by atoms with E-state index in [1.165, 1.54) is 0 Å². The Bertz CT molecular complexity index is 396. The second-order valence-corrected chi connectivity index (χ2v) is 6.31. The molecule has 1 saturated heterocycles. The number of piperidine rings is 1. The number of aliphatic hydroxyl groups excluding tert-OH is 1. The van der Waals surface area contributed by atoms with Crippen molar-refractivity contribution in [3.05, 3.63) is 17.8 Å². The van der Waals surface area contributed by atoms with Crippen molar-refractivity contribution in [2.24, 2.45) is 5.92 Å². The van der Waals surface area contributed by atoms with E-state index in [2.05, 4.69) is 48.9 Å². The van der Waals surface area contributed by atoms with Crippen LogP contribution in [0.5, 0.6) is 0 Å². The lowest BCUT2D eigenvalue weighted by Crippen LogP contribution is -2.42. The summed E-state index contributed by atoms with van der Waals surface area (Å²) in [4.78, 5) is 2.21. The number of aliphatic hydroxyl groups is 1. The standard InChI is InChI=1S/C14H23N3O/c1-10-9-17(8-7-11(10)18)13-6-5-12(15-16-13)14(2,3)4/h5-6,10-11,18H,7-9H2,1-4H3/t10-,11+/m1/s1. The Kier molecular flexibility index (Phi) is 3.57. The molecule has 1 N–H and O–H groups in total. The number of anilines is 1. The van der Waals surface area contributed by atoms with Gasteiger partial charge in [0.05, 0.1) is 11.8 Å². The van der Waals surface area contributed by atoms with E-state index in [0.717, 1.165) is 31.0 Å². The smallest absolute Gasteiger partial charge is 0.151 e. The van der Waals surface area contributed by atoms with Gasteiger partial charge in [-0.05, 0) is 24.5 Å². The molecule has 4 heteroatoms. The average molecular weight is 249 g/mol. The van der Waals surface area contributed by atoms with Gasteiger partial charge in [-0.15, -0.1) is 5.10 Å². The summed E-state index contributed by atoms with van der Waals surface area (Å²) in [5.41, 5.74) is 1.05. The van der Waals surface area contributed by atoms with E-state index in [0.29, 0.717) is 5.92 Å². The van der Waals surface area contributed by atoms with Crippen LogP contribution in [0.15, 0.2) is 12.1 Å². The molecule has 18 heavy (non-hydrogen) atoms. The lowest BCUT2D eigenvalue weighted by atomic mass is 9.92. The molecular formula is C14H23N3O. The molecule has 0 saturated carbocycles.